The van der Waals surface area contributed by atoms with Gasteiger partial charge in [-0.3, -0.25) is 0 Å². The van der Waals surface area contributed by atoms with Crippen molar-refractivity contribution in [3.63, 3.8) is 0 Å². The van der Waals surface area contributed by atoms with Gasteiger partial charge in [-0.2, -0.15) is 0 Å². The Labute approximate surface area is 123 Å². The molecule has 0 aliphatic heterocycles. The van der Waals surface area contributed by atoms with E-state index in [-0.39, 0.29) is 9.79 Å². The summed E-state index contributed by atoms with van der Waals surface area (Å²) >= 11 is 0. The van der Waals surface area contributed by atoms with Gasteiger partial charge in [-0.1, -0.05) is 0 Å². The predicted octanol–water partition coefficient (Wildman–Crippen LogP) is 1.06. The lowest BCUT2D eigenvalue weighted by Crippen LogP contribution is -2.17. The summed E-state index contributed by atoms with van der Waals surface area (Å²) in [5.41, 5.74) is 11.8. The van der Waals surface area contributed by atoms with E-state index in [1.54, 1.807) is 0 Å². The molecule has 0 fully saturated rings. The number of rotatable bonds is 4. The lowest BCUT2D eigenvalue weighted by atomic mass is 10.3. The molecule has 2 rings (SSSR count). The molecule has 0 unspecified atom stereocenters. The van der Waals surface area contributed by atoms with Crippen LogP contribution in [0.1, 0.15) is 0 Å². The molecule has 0 saturated carbocycles. The summed E-state index contributed by atoms with van der Waals surface area (Å²) in [7, 11) is -7.94. The van der Waals surface area contributed by atoms with Gasteiger partial charge in [0, 0.05) is 11.4 Å². The number of hydrogen-bond donors (Lipinski definition) is 2. The molecule has 4 N–H and O–H groups in total. The summed E-state index contributed by atoms with van der Waals surface area (Å²) in [5.74, 6) is 0. The van der Waals surface area contributed by atoms with E-state index in [1.165, 1.54) is 48.5 Å². The highest BCUT2D eigenvalue weighted by Gasteiger charge is 2.25. The van der Waals surface area contributed by atoms with Crippen LogP contribution in [0.3, 0.4) is 0 Å². The topological polar surface area (TPSA) is 120 Å². The van der Waals surface area contributed by atoms with E-state index in [1.807, 2.05) is 0 Å². The Morgan fingerprint density at radius 3 is 1.19 bits per heavy atom. The number of anilines is 2. The van der Waals surface area contributed by atoms with Crippen molar-refractivity contribution in [3.8, 4) is 0 Å². The van der Waals surface area contributed by atoms with Crippen LogP contribution < -0.4 is 11.5 Å². The van der Waals surface area contributed by atoms with Gasteiger partial charge < -0.3 is 11.5 Å². The third-order valence-corrected chi connectivity index (χ3v) is 7.25. The Morgan fingerprint density at radius 1 is 0.619 bits per heavy atom. The van der Waals surface area contributed by atoms with Crippen molar-refractivity contribution in [1.29, 1.82) is 0 Å². The summed E-state index contributed by atoms with van der Waals surface area (Å²) in [6, 6.07) is 10.7. The maximum atomic E-state index is 12.2. The third-order valence-electron chi connectivity index (χ3n) is 2.79. The first-order valence-corrected chi connectivity index (χ1v) is 9.18. The Hall–Kier alpha value is -2.06. The molecule has 6 nitrogen and oxygen atoms in total. The minimum Gasteiger partial charge on any atom is -0.399 e. The van der Waals surface area contributed by atoms with Gasteiger partial charge in [-0.15, -0.1) is 0 Å². The maximum absolute atomic E-state index is 12.2. The predicted molar refractivity (Wildman–Crippen MR) is 80.9 cm³/mol. The van der Waals surface area contributed by atoms with Gasteiger partial charge in [0.25, 0.3) is 0 Å². The minimum atomic E-state index is -3.97. The highest BCUT2D eigenvalue weighted by Crippen LogP contribution is 2.20. The van der Waals surface area contributed by atoms with E-state index < -0.39 is 24.8 Å². The molecule has 2 aromatic carbocycles. The van der Waals surface area contributed by atoms with E-state index in [2.05, 4.69) is 0 Å². The molecular weight excluding hydrogens is 312 g/mol. The Morgan fingerprint density at radius 2 is 0.905 bits per heavy atom. The van der Waals surface area contributed by atoms with E-state index in [0.29, 0.717) is 11.4 Å². The van der Waals surface area contributed by atoms with Crippen molar-refractivity contribution < 1.29 is 16.8 Å². The van der Waals surface area contributed by atoms with Crippen LogP contribution in [-0.2, 0) is 19.7 Å². The molecule has 0 amide bonds. The number of hydrogen-bond acceptors (Lipinski definition) is 6. The highest BCUT2D eigenvalue weighted by molar-refractivity contribution is 8.08. The van der Waals surface area contributed by atoms with Crippen LogP contribution in [0.15, 0.2) is 58.3 Å². The largest absolute Gasteiger partial charge is 0.399 e. The second-order valence-electron chi connectivity index (χ2n) is 4.49. The van der Waals surface area contributed by atoms with Crippen LogP contribution in [0.4, 0.5) is 11.4 Å². The highest BCUT2D eigenvalue weighted by atomic mass is 32.3. The Bertz CT molecular complexity index is 767. The summed E-state index contributed by atoms with van der Waals surface area (Å²) in [5, 5.41) is -1.01. The quantitative estimate of drug-likeness (QED) is 0.810. The number of nitrogens with two attached hydrogens (primary N) is 2. The van der Waals surface area contributed by atoms with Gasteiger partial charge in [0.05, 0.1) is 9.79 Å². The molecule has 0 atom stereocenters. The number of sulfone groups is 2. The molecule has 8 heteroatoms. The van der Waals surface area contributed by atoms with Crippen LogP contribution in [-0.4, -0.2) is 21.9 Å². The zero-order valence-electron chi connectivity index (χ0n) is 10.9. The third kappa shape index (κ3) is 3.53. The van der Waals surface area contributed by atoms with Gasteiger partial charge in [0.1, 0.15) is 0 Å². The zero-order valence-corrected chi connectivity index (χ0v) is 12.6. The Balaban J connectivity index is 2.35. The van der Waals surface area contributed by atoms with E-state index in [0.717, 1.165) is 0 Å². The molecule has 0 radical (unpaired) electrons. The molecule has 0 saturated heterocycles. The van der Waals surface area contributed by atoms with Gasteiger partial charge in [-0.25, -0.2) is 16.8 Å². The normalized spacial score (nSPS) is 12.2. The second kappa shape index (κ2) is 5.38. The molecule has 0 bridgehead atoms. The summed E-state index contributed by atoms with van der Waals surface area (Å²) in [4.78, 5) is -0.175. The standard InChI is InChI=1S/C13H14N2O4S2/c14-10-1-5-12(6-2-10)20(16,17)9-21(18,19)13-7-3-11(15)4-8-13/h1-8H,9,14-15H2. The fraction of sp³-hybridized carbons (Fsp3) is 0.0769. The summed E-state index contributed by atoms with van der Waals surface area (Å²) in [6.45, 7) is 0. The average Bonchev–Trinajstić information content (AvgIpc) is 2.38. The molecule has 0 aliphatic carbocycles. The van der Waals surface area contributed by atoms with Crippen LogP contribution in [0.25, 0.3) is 0 Å². The smallest absolute Gasteiger partial charge is 0.193 e. The van der Waals surface area contributed by atoms with E-state index >= 15 is 0 Å². The first-order valence-electron chi connectivity index (χ1n) is 5.87. The molecule has 112 valence electrons. The van der Waals surface area contributed by atoms with Crippen LogP contribution in [0.5, 0.6) is 0 Å². The van der Waals surface area contributed by atoms with Crippen molar-refractivity contribution in [2.24, 2.45) is 0 Å². The van der Waals surface area contributed by atoms with Gasteiger partial charge in [0.2, 0.25) is 0 Å². The summed E-state index contributed by atoms with van der Waals surface area (Å²) in [6.07, 6.45) is 0. The van der Waals surface area contributed by atoms with Gasteiger partial charge in [-0.05, 0) is 48.5 Å². The van der Waals surface area contributed by atoms with Crippen molar-refractivity contribution >= 4 is 31.0 Å². The van der Waals surface area contributed by atoms with Crippen molar-refractivity contribution in [1.82, 2.24) is 0 Å². The summed E-state index contributed by atoms with van der Waals surface area (Å²) < 4.78 is 48.6. The van der Waals surface area contributed by atoms with Crippen molar-refractivity contribution in [2.75, 3.05) is 16.6 Å². The number of nitrogen functional groups attached to an aromatic ring is 2. The van der Waals surface area contributed by atoms with Crippen molar-refractivity contribution in [2.45, 2.75) is 9.79 Å². The van der Waals surface area contributed by atoms with Gasteiger partial charge >= 0.3 is 0 Å². The monoisotopic (exact) mass is 326 g/mol. The fourth-order valence-electron chi connectivity index (χ4n) is 1.69. The van der Waals surface area contributed by atoms with Crippen LogP contribution in [0.2, 0.25) is 0 Å². The lowest BCUT2D eigenvalue weighted by Gasteiger charge is -2.07. The van der Waals surface area contributed by atoms with Crippen LogP contribution in [0, 0.1) is 0 Å². The maximum Gasteiger partial charge on any atom is 0.193 e. The Kier molecular flexibility index (Phi) is 3.93. The molecule has 0 aromatic heterocycles. The van der Waals surface area contributed by atoms with E-state index in [4.69, 9.17) is 11.5 Å². The second-order valence-corrected chi connectivity index (χ2v) is 8.83. The van der Waals surface area contributed by atoms with Crippen molar-refractivity contribution in [3.05, 3.63) is 48.5 Å². The molecule has 0 aliphatic rings. The molecular formula is C13H14N2O4S2. The van der Waals surface area contributed by atoms with Gasteiger partial charge in [0.15, 0.2) is 24.8 Å². The minimum absolute atomic E-state index is 0.0873. The van der Waals surface area contributed by atoms with Crippen LogP contribution >= 0.6 is 0 Å². The fourth-order valence-corrected chi connectivity index (χ4v) is 5.51. The lowest BCUT2D eigenvalue weighted by molar-refractivity contribution is 0.589. The molecule has 0 heterocycles. The molecule has 0 spiro atoms. The molecule has 21 heavy (non-hydrogen) atoms. The first-order chi connectivity index (χ1) is 9.71. The SMILES string of the molecule is Nc1ccc(S(=O)(=O)CS(=O)(=O)c2ccc(N)cc2)cc1. The average molecular weight is 326 g/mol. The number of benzene rings is 2. The first kappa shape index (κ1) is 15.3. The zero-order chi connectivity index (χ0) is 15.7. The van der Waals surface area contributed by atoms with E-state index in [9.17, 15) is 16.8 Å². The molecule has 2 aromatic rings.